The lowest BCUT2D eigenvalue weighted by atomic mass is 10.00. The Morgan fingerprint density at radius 3 is 2.49 bits per heavy atom. The summed E-state index contributed by atoms with van der Waals surface area (Å²) < 4.78 is 28.3. The fourth-order valence-corrected chi connectivity index (χ4v) is 4.25. The van der Waals surface area contributed by atoms with Crippen LogP contribution in [0.2, 0.25) is 0 Å². The zero-order valence-corrected chi connectivity index (χ0v) is 19.6. The van der Waals surface area contributed by atoms with Gasteiger partial charge in [0.05, 0.1) is 26.4 Å². The van der Waals surface area contributed by atoms with Crippen molar-refractivity contribution in [3.05, 3.63) is 47.5 Å². The Morgan fingerprint density at radius 2 is 1.74 bits per heavy atom. The van der Waals surface area contributed by atoms with Crippen molar-refractivity contribution in [1.29, 1.82) is 0 Å². The van der Waals surface area contributed by atoms with Crippen molar-refractivity contribution in [3.8, 4) is 23.0 Å². The third-order valence-electron chi connectivity index (χ3n) is 6.29. The van der Waals surface area contributed by atoms with Crippen LogP contribution in [0.3, 0.4) is 0 Å². The molecule has 0 radical (unpaired) electrons. The van der Waals surface area contributed by atoms with Gasteiger partial charge in [-0.2, -0.15) is 0 Å². The van der Waals surface area contributed by atoms with Gasteiger partial charge in [0.1, 0.15) is 18.3 Å². The Hall–Kier alpha value is -2.60. The summed E-state index contributed by atoms with van der Waals surface area (Å²) in [7, 11) is 1.46. The van der Waals surface area contributed by atoms with Crippen LogP contribution in [-0.4, -0.2) is 82.7 Å². The first-order valence-corrected chi connectivity index (χ1v) is 11.6. The summed E-state index contributed by atoms with van der Waals surface area (Å²) in [6.45, 7) is 1.61. The highest BCUT2D eigenvalue weighted by Gasteiger charge is 2.42. The molecule has 0 unspecified atom stereocenters. The molecule has 2 aliphatic rings. The molecule has 1 fully saturated rings. The first-order valence-electron chi connectivity index (χ1n) is 11.6. The van der Waals surface area contributed by atoms with E-state index in [2.05, 4.69) is 0 Å². The molecule has 0 amide bonds. The number of ether oxygens (including phenoxy) is 5. The number of fused-ring (bicyclic) bond motifs is 1. The van der Waals surface area contributed by atoms with E-state index in [1.54, 1.807) is 25.1 Å². The van der Waals surface area contributed by atoms with Gasteiger partial charge in [0.25, 0.3) is 0 Å². The Morgan fingerprint density at radius 1 is 0.943 bits per heavy atom. The van der Waals surface area contributed by atoms with Crippen LogP contribution < -0.4 is 14.2 Å². The second-order valence-electron chi connectivity index (χ2n) is 8.75. The van der Waals surface area contributed by atoms with Crippen molar-refractivity contribution in [2.45, 2.75) is 62.7 Å². The van der Waals surface area contributed by atoms with Crippen molar-refractivity contribution in [3.63, 3.8) is 0 Å². The molecule has 192 valence electrons. The first kappa shape index (κ1) is 25.5. The van der Waals surface area contributed by atoms with Gasteiger partial charge >= 0.3 is 0 Å². The van der Waals surface area contributed by atoms with E-state index in [1.165, 1.54) is 13.2 Å². The molecule has 1 saturated heterocycles. The van der Waals surface area contributed by atoms with Crippen molar-refractivity contribution in [1.82, 2.24) is 0 Å². The van der Waals surface area contributed by atoms with Gasteiger partial charge in [-0.25, -0.2) is 0 Å². The summed E-state index contributed by atoms with van der Waals surface area (Å²) in [5.41, 5.74) is 1.66. The average molecular weight is 493 g/mol. The number of benzene rings is 2. The molecule has 2 aromatic rings. The Labute approximate surface area is 203 Å². The average Bonchev–Trinajstić information content (AvgIpc) is 2.87. The second-order valence-corrected chi connectivity index (χ2v) is 8.75. The lowest BCUT2D eigenvalue weighted by Crippen LogP contribution is -2.57. The largest absolute Gasteiger partial charge is 0.504 e. The van der Waals surface area contributed by atoms with Crippen molar-refractivity contribution in [2.24, 2.45) is 0 Å². The van der Waals surface area contributed by atoms with Crippen molar-refractivity contribution >= 4 is 0 Å². The summed E-state index contributed by atoms with van der Waals surface area (Å²) in [5.74, 6) is 1.36. The SMILES string of the molecule is COc1cc([C@@H]2Oc3ccc(CCCO[C@@H]4O[C@@H](C)[C@H](O)[C@@H](O)[C@H]4O)cc3O[C@@H]2CO)ccc1O. The molecule has 2 aliphatic heterocycles. The van der Waals surface area contributed by atoms with Gasteiger partial charge in [-0.3, -0.25) is 0 Å². The van der Waals surface area contributed by atoms with Gasteiger partial charge < -0.3 is 49.2 Å². The van der Waals surface area contributed by atoms with E-state index in [4.69, 9.17) is 23.7 Å². The number of aromatic hydroxyl groups is 1. The van der Waals surface area contributed by atoms with E-state index < -0.39 is 42.9 Å². The topological polar surface area (TPSA) is 147 Å². The highest BCUT2D eigenvalue weighted by molar-refractivity contribution is 5.47. The van der Waals surface area contributed by atoms with E-state index in [-0.39, 0.29) is 19.0 Å². The third-order valence-corrected chi connectivity index (χ3v) is 6.29. The monoisotopic (exact) mass is 492 g/mol. The number of hydrogen-bond acceptors (Lipinski definition) is 10. The van der Waals surface area contributed by atoms with Crippen molar-refractivity contribution < 1.29 is 49.2 Å². The summed E-state index contributed by atoms with van der Waals surface area (Å²) in [6, 6.07) is 10.4. The molecular weight excluding hydrogens is 460 g/mol. The Kier molecular flexibility index (Phi) is 8.00. The molecule has 10 heteroatoms. The van der Waals surface area contributed by atoms with E-state index >= 15 is 0 Å². The highest BCUT2D eigenvalue weighted by Crippen LogP contribution is 2.41. The Bertz CT molecular complexity index is 998. The fraction of sp³-hybridized carbons (Fsp3) is 0.520. The van der Waals surface area contributed by atoms with E-state index in [1.807, 2.05) is 12.1 Å². The van der Waals surface area contributed by atoms with Crippen LogP contribution in [-0.2, 0) is 15.9 Å². The van der Waals surface area contributed by atoms with Crippen LogP contribution in [0.1, 0.15) is 30.6 Å². The summed E-state index contributed by atoms with van der Waals surface area (Å²) in [6.07, 6.45) is -5.46. The minimum absolute atomic E-state index is 0.00962. The number of rotatable bonds is 8. The van der Waals surface area contributed by atoms with Crippen LogP contribution in [0.5, 0.6) is 23.0 Å². The number of aliphatic hydroxyl groups is 4. The number of methoxy groups -OCH3 is 1. The van der Waals surface area contributed by atoms with Crippen molar-refractivity contribution in [2.75, 3.05) is 20.3 Å². The quantitative estimate of drug-likeness (QED) is 0.339. The normalized spacial score (nSPS) is 30.2. The standard InChI is InChI=1S/C25H32O10/c1-13-21(28)22(29)23(30)25(33-13)32-9-3-4-14-5-8-17-19(10-14)34-20(12-26)24(35-17)15-6-7-16(27)18(11-15)31-2/h5-8,10-11,13,20-30H,3-4,9,12H2,1-2H3/t13-,20+,21-,22+,23+,24-,25+/m0/s1. The molecule has 0 aromatic heterocycles. The molecule has 4 rings (SSSR count). The predicted molar refractivity (Wildman–Crippen MR) is 123 cm³/mol. The van der Waals surface area contributed by atoms with Gasteiger partial charge in [0.15, 0.2) is 41.5 Å². The minimum Gasteiger partial charge on any atom is -0.504 e. The molecule has 2 heterocycles. The van der Waals surface area contributed by atoms with Gasteiger partial charge in [0.2, 0.25) is 0 Å². The summed E-state index contributed by atoms with van der Waals surface area (Å²) in [4.78, 5) is 0. The lowest BCUT2D eigenvalue weighted by Gasteiger charge is -2.38. The Balaban J connectivity index is 1.36. The summed E-state index contributed by atoms with van der Waals surface area (Å²) >= 11 is 0. The van der Waals surface area contributed by atoms with Gasteiger partial charge in [-0.15, -0.1) is 0 Å². The molecule has 0 bridgehead atoms. The maximum Gasteiger partial charge on any atom is 0.186 e. The van der Waals surface area contributed by atoms with Crippen LogP contribution in [0.4, 0.5) is 0 Å². The molecule has 0 aliphatic carbocycles. The van der Waals surface area contributed by atoms with E-state index in [0.717, 1.165) is 5.56 Å². The molecule has 0 spiro atoms. The maximum atomic E-state index is 10.0. The van der Waals surface area contributed by atoms with Crippen LogP contribution in [0.15, 0.2) is 36.4 Å². The molecule has 2 aromatic carbocycles. The van der Waals surface area contributed by atoms with Gasteiger partial charge in [-0.1, -0.05) is 12.1 Å². The number of phenolic OH excluding ortho intramolecular Hbond substituents is 1. The van der Waals surface area contributed by atoms with Gasteiger partial charge in [-0.05, 0) is 49.6 Å². The fourth-order valence-electron chi connectivity index (χ4n) is 4.25. The van der Waals surface area contributed by atoms with Crippen LogP contribution in [0.25, 0.3) is 0 Å². The highest BCUT2D eigenvalue weighted by atomic mass is 16.7. The second kappa shape index (κ2) is 11.0. The number of aliphatic hydroxyl groups excluding tert-OH is 4. The molecule has 35 heavy (non-hydrogen) atoms. The smallest absolute Gasteiger partial charge is 0.186 e. The molecule has 10 nitrogen and oxygen atoms in total. The number of aryl methyl sites for hydroxylation is 1. The number of hydrogen-bond donors (Lipinski definition) is 5. The molecule has 7 atom stereocenters. The predicted octanol–water partition coefficient (Wildman–Crippen LogP) is 1.05. The lowest BCUT2D eigenvalue weighted by molar-refractivity contribution is -0.293. The zero-order chi connectivity index (χ0) is 25.1. The van der Waals surface area contributed by atoms with Gasteiger partial charge in [0, 0.05) is 5.56 Å². The maximum absolute atomic E-state index is 10.0. The van der Waals surface area contributed by atoms with Crippen LogP contribution in [0, 0.1) is 0 Å². The van der Waals surface area contributed by atoms with E-state index in [0.29, 0.717) is 35.7 Å². The number of phenols is 1. The third kappa shape index (κ3) is 5.48. The van der Waals surface area contributed by atoms with E-state index in [9.17, 15) is 25.5 Å². The zero-order valence-electron chi connectivity index (χ0n) is 19.6. The first-order chi connectivity index (χ1) is 16.8. The molecule has 0 saturated carbocycles. The minimum atomic E-state index is -1.33. The molecule has 5 N–H and O–H groups in total. The van der Waals surface area contributed by atoms with Crippen LogP contribution >= 0.6 is 0 Å². The molecular formula is C25H32O10. The summed E-state index contributed by atoms with van der Waals surface area (Å²) in [5, 5.41) is 49.4.